The zero-order chi connectivity index (χ0) is 19.4. The Morgan fingerprint density at radius 1 is 1.30 bits per heavy atom. The first-order valence-corrected chi connectivity index (χ1v) is 9.99. The summed E-state index contributed by atoms with van der Waals surface area (Å²) in [5, 5.41) is 17.5. The van der Waals surface area contributed by atoms with Gasteiger partial charge in [0.2, 0.25) is 0 Å². The van der Waals surface area contributed by atoms with Gasteiger partial charge in [-0.3, -0.25) is 4.79 Å². The highest BCUT2D eigenvalue weighted by Crippen LogP contribution is 2.26. The van der Waals surface area contributed by atoms with Gasteiger partial charge in [-0.1, -0.05) is 30.7 Å². The van der Waals surface area contributed by atoms with Crippen LogP contribution >= 0.6 is 35.2 Å². The maximum atomic E-state index is 11.2. The van der Waals surface area contributed by atoms with Gasteiger partial charge in [0.25, 0.3) is 0 Å². The van der Waals surface area contributed by atoms with E-state index in [2.05, 4.69) is 22.5 Å². The molecule has 0 amide bonds. The van der Waals surface area contributed by atoms with E-state index in [1.165, 1.54) is 0 Å². The summed E-state index contributed by atoms with van der Waals surface area (Å²) in [7, 11) is 0. The van der Waals surface area contributed by atoms with Crippen molar-refractivity contribution in [2.75, 3.05) is 5.32 Å². The number of fused-ring (bicyclic) bond motifs is 1. The fourth-order valence-electron chi connectivity index (χ4n) is 2.65. The zero-order valence-corrected chi connectivity index (χ0v) is 16.9. The second-order valence-electron chi connectivity index (χ2n) is 5.94. The number of aromatic nitrogens is 1. The molecule has 0 aliphatic heterocycles. The fourth-order valence-corrected chi connectivity index (χ4v) is 3.98. The molecule has 3 N–H and O–H groups in total. The van der Waals surface area contributed by atoms with Crippen molar-refractivity contribution in [1.82, 2.24) is 10.3 Å². The van der Waals surface area contributed by atoms with Gasteiger partial charge in [-0.05, 0) is 54.5 Å². The Morgan fingerprint density at radius 3 is 2.70 bits per heavy atom. The molecule has 0 aliphatic carbocycles. The number of anilines is 1. The standard InChI is InChI=1S/C19H18ClN3O2S2/c1-2-17-22-14-8-7-13(9-16(14)27-17)21-19(26)23-15(10-18(24)25)11-3-5-12(20)6-4-11/h3-9,15H,2,10H2,1H3,(H,24,25)(H2,21,23,26)/t15-/m1/s1. The third-order valence-electron chi connectivity index (χ3n) is 3.95. The van der Waals surface area contributed by atoms with Gasteiger partial charge < -0.3 is 15.7 Å². The summed E-state index contributed by atoms with van der Waals surface area (Å²) in [6, 6.07) is 12.4. The highest BCUT2D eigenvalue weighted by molar-refractivity contribution is 7.80. The largest absolute Gasteiger partial charge is 0.481 e. The number of carboxylic acid groups (broad SMARTS) is 1. The number of halogens is 1. The molecule has 1 aromatic heterocycles. The molecule has 0 saturated carbocycles. The molecule has 3 aromatic rings. The number of thiazole rings is 1. The lowest BCUT2D eigenvalue weighted by Crippen LogP contribution is -2.33. The van der Waals surface area contributed by atoms with E-state index in [-0.39, 0.29) is 6.42 Å². The predicted molar refractivity (Wildman–Crippen MR) is 115 cm³/mol. The lowest BCUT2D eigenvalue weighted by molar-refractivity contribution is -0.137. The number of rotatable bonds is 6. The SMILES string of the molecule is CCc1nc2ccc(NC(=S)N[C@H](CC(=O)O)c3ccc(Cl)cc3)cc2s1. The van der Waals surface area contributed by atoms with Crippen LogP contribution in [0, 0.1) is 0 Å². The molecular formula is C19H18ClN3O2S2. The molecule has 0 fully saturated rings. The van der Waals surface area contributed by atoms with E-state index >= 15 is 0 Å². The topological polar surface area (TPSA) is 74.2 Å². The Balaban J connectivity index is 1.73. The average Bonchev–Trinajstić information content (AvgIpc) is 3.04. The van der Waals surface area contributed by atoms with Crippen LogP contribution in [0.5, 0.6) is 0 Å². The van der Waals surface area contributed by atoms with Crippen LogP contribution < -0.4 is 10.6 Å². The van der Waals surface area contributed by atoms with Crippen molar-refractivity contribution in [3.8, 4) is 0 Å². The second-order valence-corrected chi connectivity index (χ2v) is 7.90. The van der Waals surface area contributed by atoms with Crippen LogP contribution in [0.15, 0.2) is 42.5 Å². The molecule has 5 nitrogen and oxygen atoms in total. The molecule has 1 atom stereocenters. The van der Waals surface area contributed by atoms with Crippen LogP contribution in [0.4, 0.5) is 5.69 Å². The number of aryl methyl sites for hydroxylation is 1. The van der Waals surface area contributed by atoms with Crippen LogP contribution in [0.2, 0.25) is 5.02 Å². The molecule has 0 unspecified atom stereocenters. The number of thiocarbonyl (C=S) groups is 1. The minimum absolute atomic E-state index is 0.100. The van der Waals surface area contributed by atoms with Crippen molar-refractivity contribution in [3.05, 3.63) is 58.1 Å². The number of carboxylic acids is 1. The monoisotopic (exact) mass is 419 g/mol. The molecule has 0 bridgehead atoms. The smallest absolute Gasteiger partial charge is 0.305 e. The third kappa shape index (κ3) is 5.15. The first kappa shape index (κ1) is 19.5. The van der Waals surface area contributed by atoms with Gasteiger partial charge in [-0.15, -0.1) is 11.3 Å². The summed E-state index contributed by atoms with van der Waals surface area (Å²) >= 11 is 13.0. The van der Waals surface area contributed by atoms with Crippen molar-refractivity contribution in [1.29, 1.82) is 0 Å². The number of hydrogen-bond donors (Lipinski definition) is 3. The Morgan fingerprint density at radius 2 is 2.04 bits per heavy atom. The van der Waals surface area contributed by atoms with E-state index in [0.717, 1.165) is 32.9 Å². The average molecular weight is 420 g/mol. The van der Waals surface area contributed by atoms with Gasteiger partial charge in [0.1, 0.15) is 0 Å². The number of aliphatic carboxylic acids is 1. The Kier molecular flexibility index (Phi) is 6.26. The highest BCUT2D eigenvalue weighted by atomic mass is 35.5. The minimum Gasteiger partial charge on any atom is -0.481 e. The number of nitrogens with zero attached hydrogens (tertiary/aromatic N) is 1. The van der Waals surface area contributed by atoms with Crippen molar-refractivity contribution in [2.45, 2.75) is 25.8 Å². The van der Waals surface area contributed by atoms with Crippen molar-refractivity contribution in [3.63, 3.8) is 0 Å². The van der Waals surface area contributed by atoms with Crippen LogP contribution in [-0.4, -0.2) is 21.2 Å². The maximum Gasteiger partial charge on any atom is 0.305 e. The van der Waals surface area contributed by atoms with Crippen LogP contribution in [0.1, 0.15) is 30.0 Å². The normalized spacial score (nSPS) is 11.9. The number of benzene rings is 2. The molecule has 0 aliphatic rings. The molecule has 27 heavy (non-hydrogen) atoms. The van der Waals surface area contributed by atoms with Crippen molar-refractivity contribution >= 4 is 62.1 Å². The molecule has 140 valence electrons. The van der Waals surface area contributed by atoms with Gasteiger partial charge in [0, 0.05) is 10.7 Å². The van der Waals surface area contributed by atoms with Crippen molar-refractivity contribution < 1.29 is 9.90 Å². The molecule has 8 heteroatoms. The lowest BCUT2D eigenvalue weighted by Gasteiger charge is -2.20. The molecular weight excluding hydrogens is 402 g/mol. The van der Waals surface area contributed by atoms with Gasteiger partial charge in [-0.25, -0.2) is 4.98 Å². The zero-order valence-electron chi connectivity index (χ0n) is 14.5. The second kappa shape index (κ2) is 8.65. The van der Waals surface area contributed by atoms with Gasteiger partial charge in [-0.2, -0.15) is 0 Å². The first-order chi connectivity index (χ1) is 12.9. The van der Waals surface area contributed by atoms with Crippen LogP contribution in [-0.2, 0) is 11.2 Å². The minimum atomic E-state index is -0.913. The quantitative estimate of drug-likeness (QED) is 0.487. The predicted octanol–water partition coefficient (Wildman–Crippen LogP) is 5.01. The molecule has 3 rings (SSSR count). The molecule has 0 spiro atoms. The molecule has 2 aromatic carbocycles. The first-order valence-electron chi connectivity index (χ1n) is 8.39. The summed E-state index contributed by atoms with van der Waals surface area (Å²) < 4.78 is 1.08. The van der Waals surface area contributed by atoms with E-state index < -0.39 is 12.0 Å². The van der Waals surface area contributed by atoms with E-state index in [0.29, 0.717) is 10.1 Å². The van der Waals surface area contributed by atoms with Gasteiger partial charge >= 0.3 is 5.97 Å². The summed E-state index contributed by atoms with van der Waals surface area (Å²) in [5.41, 5.74) is 2.60. The summed E-state index contributed by atoms with van der Waals surface area (Å²) in [6.07, 6.45) is 0.803. The van der Waals surface area contributed by atoms with Gasteiger partial charge in [0.15, 0.2) is 5.11 Å². The van der Waals surface area contributed by atoms with E-state index in [1.807, 2.05) is 18.2 Å². The van der Waals surface area contributed by atoms with E-state index in [4.69, 9.17) is 23.8 Å². The van der Waals surface area contributed by atoms with Crippen molar-refractivity contribution in [2.24, 2.45) is 0 Å². The fraction of sp³-hybridized carbons (Fsp3) is 0.211. The van der Waals surface area contributed by atoms with Crippen LogP contribution in [0.25, 0.3) is 10.2 Å². The molecule has 0 saturated heterocycles. The maximum absolute atomic E-state index is 11.2. The van der Waals surface area contributed by atoms with E-state index in [1.54, 1.807) is 35.6 Å². The Bertz CT molecular complexity index is 973. The Labute approximate surface area is 171 Å². The number of nitrogens with one attached hydrogen (secondary N) is 2. The molecule has 1 heterocycles. The summed E-state index contributed by atoms with van der Waals surface area (Å²) in [4.78, 5) is 15.8. The summed E-state index contributed by atoms with van der Waals surface area (Å²) in [5.74, 6) is -0.913. The molecule has 0 radical (unpaired) electrons. The number of carbonyl (C=O) groups is 1. The Hall–Kier alpha value is -2.22. The number of hydrogen-bond acceptors (Lipinski definition) is 4. The summed E-state index contributed by atoms with van der Waals surface area (Å²) in [6.45, 7) is 2.08. The van der Waals surface area contributed by atoms with Gasteiger partial charge in [0.05, 0.1) is 27.7 Å². The van der Waals surface area contributed by atoms with E-state index in [9.17, 15) is 9.90 Å². The van der Waals surface area contributed by atoms with Crippen LogP contribution in [0.3, 0.4) is 0 Å². The lowest BCUT2D eigenvalue weighted by atomic mass is 10.0. The highest BCUT2D eigenvalue weighted by Gasteiger charge is 2.17. The third-order valence-corrected chi connectivity index (χ3v) is 5.58.